The predicted molar refractivity (Wildman–Crippen MR) is 127 cm³/mol. The van der Waals surface area contributed by atoms with Gasteiger partial charge in [-0.15, -0.1) is 0 Å². The lowest BCUT2D eigenvalue weighted by atomic mass is 10.0. The fourth-order valence-corrected chi connectivity index (χ4v) is 5.01. The molecule has 172 valence electrons. The van der Waals surface area contributed by atoms with Crippen molar-refractivity contribution in [2.75, 3.05) is 31.2 Å². The summed E-state index contributed by atoms with van der Waals surface area (Å²) in [6.45, 7) is 2.94. The van der Waals surface area contributed by atoms with E-state index in [9.17, 15) is 13.2 Å². The summed E-state index contributed by atoms with van der Waals surface area (Å²) in [5.74, 6) is 0.876. The van der Waals surface area contributed by atoms with Crippen LogP contribution in [-0.2, 0) is 16.4 Å². The third-order valence-corrected chi connectivity index (χ3v) is 7.37. The average molecular weight is 467 g/mol. The Morgan fingerprint density at radius 1 is 1.12 bits per heavy atom. The molecular formula is C24H26N4O4S. The Labute approximate surface area is 193 Å². The lowest BCUT2D eigenvalue weighted by molar-refractivity contribution is 0.0732. The van der Waals surface area contributed by atoms with Gasteiger partial charge in [-0.1, -0.05) is 6.07 Å². The van der Waals surface area contributed by atoms with Crippen LogP contribution in [0.5, 0.6) is 5.75 Å². The van der Waals surface area contributed by atoms with Gasteiger partial charge in [0.1, 0.15) is 18.2 Å². The predicted octanol–water partition coefficient (Wildman–Crippen LogP) is 2.41. The van der Waals surface area contributed by atoms with Crippen LogP contribution in [-0.4, -0.2) is 49.7 Å². The molecule has 9 heteroatoms. The van der Waals surface area contributed by atoms with Crippen LogP contribution in [0.25, 0.3) is 11.1 Å². The van der Waals surface area contributed by atoms with Gasteiger partial charge < -0.3 is 21.1 Å². The number of aromatic nitrogens is 1. The molecule has 8 nitrogen and oxygen atoms in total. The molecule has 4 N–H and O–H groups in total. The number of carbonyl (C=O) groups is 1. The normalized spacial score (nSPS) is 13.7. The highest BCUT2D eigenvalue weighted by Gasteiger charge is 2.24. The number of pyridine rings is 1. The molecule has 1 aliphatic heterocycles. The Kier molecular flexibility index (Phi) is 6.35. The number of nitrogens with two attached hydrogens (primary N) is 2. The van der Waals surface area contributed by atoms with E-state index in [1.54, 1.807) is 30.2 Å². The van der Waals surface area contributed by atoms with Gasteiger partial charge in [-0.2, -0.15) is 0 Å². The largest absolute Gasteiger partial charge is 0.491 e. The summed E-state index contributed by atoms with van der Waals surface area (Å²) in [5.41, 5.74) is 14.9. The Morgan fingerprint density at radius 3 is 2.61 bits per heavy atom. The van der Waals surface area contributed by atoms with Gasteiger partial charge >= 0.3 is 0 Å². The van der Waals surface area contributed by atoms with Crippen molar-refractivity contribution >= 4 is 21.6 Å². The molecule has 0 atom stereocenters. The summed E-state index contributed by atoms with van der Waals surface area (Å²) in [6.07, 6.45) is 1.71. The van der Waals surface area contributed by atoms with Gasteiger partial charge in [-0.3, -0.25) is 4.79 Å². The molecule has 1 aromatic heterocycles. The average Bonchev–Trinajstić information content (AvgIpc) is 3.01. The first kappa shape index (κ1) is 22.8. The van der Waals surface area contributed by atoms with E-state index in [0.717, 1.165) is 22.4 Å². The minimum absolute atomic E-state index is 0.0453. The van der Waals surface area contributed by atoms with Gasteiger partial charge in [0.25, 0.3) is 5.91 Å². The first-order chi connectivity index (χ1) is 15.8. The highest BCUT2D eigenvalue weighted by atomic mass is 32.2. The number of hydrogen-bond donors (Lipinski definition) is 2. The number of anilines is 1. The first-order valence-corrected chi connectivity index (χ1v) is 12.2. The van der Waals surface area contributed by atoms with Gasteiger partial charge in [0.2, 0.25) is 0 Å². The first-order valence-electron chi connectivity index (χ1n) is 10.6. The minimum atomic E-state index is -3.46. The third kappa shape index (κ3) is 4.84. The van der Waals surface area contributed by atoms with Gasteiger partial charge in [0.05, 0.1) is 17.2 Å². The van der Waals surface area contributed by atoms with E-state index in [2.05, 4.69) is 4.98 Å². The van der Waals surface area contributed by atoms with Gasteiger partial charge in [-0.05, 0) is 60.5 Å². The zero-order valence-corrected chi connectivity index (χ0v) is 19.1. The number of nitrogen functional groups attached to an aromatic ring is 1. The van der Waals surface area contributed by atoms with Crippen molar-refractivity contribution in [2.45, 2.75) is 18.4 Å². The maximum atomic E-state index is 13.3. The molecule has 0 spiro atoms. The number of carbonyl (C=O) groups excluding carboxylic acids is 1. The molecule has 0 unspecified atom stereocenters. The van der Waals surface area contributed by atoms with Crippen molar-refractivity contribution in [3.63, 3.8) is 0 Å². The summed E-state index contributed by atoms with van der Waals surface area (Å²) < 4.78 is 30.5. The lowest BCUT2D eigenvalue weighted by Gasteiger charge is -2.21. The van der Waals surface area contributed by atoms with Gasteiger partial charge in [0.15, 0.2) is 9.84 Å². The van der Waals surface area contributed by atoms with Crippen molar-refractivity contribution in [3.05, 3.63) is 71.4 Å². The van der Waals surface area contributed by atoms with Gasteiger partial charge in [0, 0.05) is 36.0 Å². The van der Waals surface area contributed by atoms with Crippen LogP contribution in [0, 0.1) is 6.92 Å². The summed E-state index contributed by atoms with van der Waals surface area (Å²) in [4.78, 5) is 19.4. The summed E-state index contributed by atoms with van der Waals surface area (Å²) in [7, 11) is -3.46. The second-order valence-corrected chi connectivity index (χ2v) is 10.1. The maximum Gasteiger partial charge on any atom is 0.254 e. The molecule has 0 saturated heterocycles. The van der Waals surface area contributed by atoms with Crippen molar-refractivity contribution in [3.8, 4) is 16.9 Å². The van der Waals surface area contributed by atoms with Gasteiger partial charge in [-0.25, -0.2) is 13.4 Å². The van der Waals surface area contributed by atoms with E-state index < -0.39 is 9.84 Å². The van der Waals surface area contributed by atoms with E-state index in [0.29, 0.717) is 36.6 Å². The number of amides is 1. The molecule has 1 amide bonds. The minimum Gasteiger partial charge on any atom is -0.491 e. The van der Waals surface area contributed by atoms with Crippen molar-refractivity contribution in [1.29, 1.82) is 0 Å². The Balaban J connectivity index is 1.60. The summed E-state index contributed by atoms with van der Waals surface area (Å²) >= 11 is 0. The molecule has 0 saturated carbocycles. The van der Waals surface area contributed by atoms with E-state index in [1.165, 1.54) is 12.1 Å². The van der Waals surface area contributed by atoms with Crippen LogP contribution in [0.1, 0.15) is 21.5 Å². The number of rotatable bonds is 5. The topological polar surface area (TPSA) is 129 Å². The highest BCUT2D eigenvalue weighted by molar-refractivity contribution is 7.91. The smallest absolute Gasteiger partial charge is 0.254 e. The van der Waals surface area contributed by atoms with E-state index in [-0.39, 0.29) is 23.1 Å². The van der Waals surface area contributed by atoms with Crippen LogP contribution < -0.4 is 16.2 Å². The molecule has 2 heterocycles. The highest BCUT2D eigenvalue weighted by Crippen LogP contribution is 2.30. The molecule has 4 rings (SSSR count). The second kappa shape index (κ2) is 9.21. The Morgan fingerprint density at radius 2 is 1.91 bits per heavy atom. The van der Waals surface area contributed by atoms with Crippen molar-refractivity contribution in [1.82, 2.24) is 9.88 Å². The number of fused-ring (bicyclic) bond motifs is 1. The van der Waals surface area contributed by atoms with Crippen LogP contribution in [0.3, 0.4) is 0 Å². The van der Waals surface area contributed by atoms with Crippen molar-refractivity contribution < 1.29 is 17.9 Å². The molecule has 0 radical (unpaired) electrons. The quantitative estimate of drug-likeness (QED) is 0.591. The molecular weight excluding hydrogens is 440 g/mol. The zero-order chi connectivity index (χ0) is 23.6. The third-order valence-electron chi connectivity index (χ3n) is 5.62. The zero-order valence-electron chi connectivity index (χ0n) is 18.3. The maximum absolute atomic E-state index is 13.3. The molecule has 0 bridgehead atoms. The molecule has 3 aromatic rings. The lowest BCUT2D eigenvalue weighted by Crippen LogP contribution is -2.33. The number of sulfone groups is 1. The number of aryl methyl sites for hydroxylation is 1. The van der Waals surface area contributed by atoms with Crippen LogP contribution >= 0.6 is 0 Å². The monoisotopic (exact) mass is 466 g/mol. The fraction of sp³-hybridized carbons (Fsp3) is 0.250. The van der Waals surface area contributed by atoms with E-state index in [4.69, 9.17) is 16.2 Å². The number of ether oxygens (including phenoxy) is 1. The van der Waals surface area contributed by atoms with Crippen LogP contribution in [0.2, 0.25) is 0 Å². The second-order valence-electron chi connectivity index (χ2n) is 7.95. The molecule has 0 aliphatic carbocycles. The molecule has 2 aromatic carbocycles. The molecule has 1 aliphatic rings. The molecule has 0 fully saturated rings. The van der Waals surface area contributed by atoms with Crippen LogP contribution in [0.4, 0.5) is 5.82 Å². The molecule has 33 heavy (non-hydrogen) atoms. The Hall–Kier alpha value is -3.43. The number of hydrogen-bond acceptors (Lipinski definition) is 7. The number of benzene rings is 2. The van der Waals surface area contributed by atoms with E-state index in [1.807, 2.05) is 24.3 Å². The SMILES string of the molecule is Cc1cc(S(=O)(=O)CCN)ccc1C(=O)N1CCOc2ccc(-c3ccc(N)nc3)cc2C1. The Bertz CT molecular complexity index is 1290. The van der Waals surface area contributed by atoms with Crippen LogP contribution in [0.15, 0.2) is 59.6 Å². The summed E-state index contributed by atoms with van der Waals surface area (Å²) in [5, 5.41) is 0. The number of nitrogens with zero attached hydrogens (tertiary/aromatic N) is 2. The summed E-state index contributed by atoms with van der Waals surface area (Å²) in [6, 6.07) is 14.1. The fourth-order valence-electron chi connectivity index (χ4n) is 3.84. The van der Waals surface area contributed by atoms with E-state index >= 15 is 0 Å². The standard InChI is InChI=1S/C24H26N4O4S/c1-16-12-20(33(30,31)11-8-25)4-5-21(16)24(29)28-9-10-32-22-6-2-17(13-19(22)15-28)18-3-7-23(26)27-14-18/h2-7,12-14H,8-11,15,25H2,1H3,(H2,26,27). The van der Waals surface area contributed by atoms with Crippen molar-refractivity contribution in [2.24, 2.45) is 5.73 Å².